The van der Waals surface area contributed by atoms with Crippen LogP contribution in [-0.4, -0.2) is 17.5 Å². The summed E-state index contributed by atoms with van der Waals surface area (Å²) in [5, 5.41) is 13.4. The molecule has 1 aromatic heterocycles. The van der Waals surface area contributed by atoms with Gasteiger partial charge in [-0.3, -0.25) is 10.1 Å². The Morgan fingerprint density at radius 1 is 1.21 bits per heavy atom. The van der Waals surface area contributed by atoms with E-state index in [2.05, 4.69) is 17.2 Å². The molecule has 0 atom stereocenters. The van der Waals surface area contributed by atoms with E-state index in [1.807, 2.05) is 55.5 Å². The first-order valence-corrected chi connectivity index (χ1v) is 12.5. The van der Waals surface area contributed by atoms with E-state index in [-0.39, 0.29) is 5.57 Å². The average molecular weight is 494 g/mol. The van der Waals surface area contributed by atoms with E-state index in [1.165, 1.54) is 30.6 Å². The number of hydrogen-bond acceptors (Lipinski definition) is 5. The number of nitrogens with zero attached hydrogens (tertiary/aromatic N) is 2. The molecule has 1 heterocycles. The van der Waals surface area contributed by atoms with Crippen molar-refractivity contribution in [1.82, 2.24) is 4.98 Å². The molecule has 7 heteroatoms. The Kier molecular flexibility index (Phi) is 9.69. The zero-order valence-corrected chi connectivity index (χ0v) is 21.0. The van der Waals surface area contributed by atoms with E-state index in [4.69, 9.17) is 16.3 Å². The Morgan fingerprint density at radius 3 is 2.71 bits per heavy atom. The van der Waals surface area contributed by atoms with Gasteiger partial charge in [-0.2, -0.15) is 5.26 Å². The van der Waals surface area contributed by atoms with E-state index >= 15 is 0 Å². The van der Waals surface area contributed by atoms with Crippen LogP contribution in [0.2, 0.25) is 5.02 Å². The molecule has 176 valence electrons. The lowest BCUT2D eigenvalue weighted by Crippen LogP contribution is -2.13. The van der Waals surface area contributed by atoms with Crippen molar-refractivity contribution in [2.75, 3.05) is 11.9 Å². The second-order valence-electron chi connectivity index (χ2n) is 7.99. The molecule has 5 nitrogen and oxygen atoms in total. The topological polar surface area (TPSA) is 75.0 Å². The van der Waals surface area contributed by atoms with Crippen LogP contribution in [0.4, 0.5) is 5.13 Å². The minimum atomic E-state index is -0.488. The van der Waals surface area contributed by atoms with Crippen molar-refractivity contribution in [2.24, 2.45) is 0 Å². The second kappa shape index (κ2) is 12.9. The molecule has 0 saturated carbocycles. The molecule has 0 bridgehead atoms. The molecule has 0 saturated heterocycles. The molecule has 2 aromatic carbocycles. The molecule has 0 fully saturated rings. The highest BCUT2D eigenvalue weighted by atomic mass is 35.5. The molecule has 3 rings (SSSR count). The first kappa shape index (κ1) is 25.5. The van der Waals surface area contributed by atoms with Gasteiger partial charge in [0.25, 0.3) is 5.91 Å². The Bertz CT molecular complexity index is 1180. The van der Waals surface area contributed by atoms with E-state index in [0.717, 1.165) is 38.8 Å². The molecule has 0 spiro atoms. The average Bonchev–Trinajstić information content (AvgIpc) is 3.27. The number of nitriles is 1. The van der Waals surface area contributed by atoms with Crippen molar-refractivity contribution in [3.63, 3.8) is 0 Å². The zero-order valence-electron chi connectivity index (χ0n) is 19.4. The Labute approximate surface area is 210 Å². The van der Waals surface area contributed by atoms with Gasteiger partial charge in [-0.15, -0.1) is 11.3 Å². The summed E-state index contributed by atoms with van der Waals surface area (Å²) >= 11 is 7.58. The number of ether oxygens (including phenoxy) is 1. The minimum Gasteiger partial charge on any atom is -0.494 e. The van der Waals surface area contributed by atoms with Crippen LogP contribution >= 0.6 is 22.9 Å². The Morgan fingerprint density at radius 2 is 2.00 bits per heavy atom. The van der Waals surface area contributed by atoms with E-state index in [1.54, 1.807) is 12.3 Å². The summed E-state index contributed by atoms with van der Waals surface area (Å²) in [6.45, 7) is 4.83. The number of amides is 1. The van der Waals surface area contributed by atoms with Gasteiger partial charge in [0.1, 0.15) is 17.4 Å². The van der Waals surface area contributed by atoms with Crippen LogP contribution in [0.25, 0.3) is 6.08 Å². The third-order valence-electron chi connectivity index (χ3n) is 5.21. The van der Waals surface area contributed by atoms with Crippen LogP contribution in [-0.2, 0) is 11.2 Å². The third-order valence-corrected chi connectivity index (χ3v) is 6.53. The lowest BCUT2D eigenvalue weighted by atomic mass is 10.1. The molecule has 0 aliphatic heterocycles. The lowest BCUT2D eigenvalue weighted by molar-refractivity contribution is -0.112. The number of unbranched alkanes of at least 4 members (excludes halogenated alkanes) is 3. The van der Waals surface area contributed by atoms with Crippen LogP contribution < -0.4 is 10.1 Å². The fourth-order valence-electron chi connectivity index (χ4n) is 3.25. The number of benzene rings is 2. The molecular formula is C27H28ClN3O2S. The predicted octanol–water partition coefficient (Wildman–Crippen LogP) is 7.20. The van der Waals surface area contributed by atoms with E-state index < -0.39 is 5.91 Å². The smallest absolute Gasteiger partial charge is 0.268 e. The van der Waals surface area contributed by atoms with Gasteiger partial charge in [0.2, 0.25) is 0 Å². The SMILES string of the molecule is CCCCCCOc1ccc(C=C(C#N)C(=O)Nc2ncc(Cc3ccc(C)c(Cl)c3)s2)cc1. The fourth-order valence-corrected chi connectivity index (χ4v) is 4.30. The number of anilines is 1. The monoisotopic (exact) mass is 493 g/mol. The summed E-state index contributed by atoms with van der Waals surface area (Å²) in [7, 11) is 0. The maximum absolute atomic E-state index is 12.6. The third kappa shape index (κ3) is 7.72. The molecule has 34 heavy (non-hydrogen) atoms. The first-order valence-electron chi connectivity index (χ1n) is 11.3. The number of aryl methyl sites for hydroxylation is 1. The van der Waals surface area contributed by atoms with Crippen LogP contribution in [0.3, 0.4) is 0 Å². The van der Waals surface area contributed by atoms with Gasteiger partial charge in [-0.1, -0.05) is 62.1 Å². The number of halogens is 1. The van der Waals surface area contributed by atoms with Crippen molar-refractivity contribution in [2.45, 2.75) is 46.0 Å². The first-order chi connectivity index (χ1) is 16.5. The highest BCUT2D eigenvalue weighted by Gasteiger charge is 2.12. The fraction of sp³-hybridized carbons (Fsp3) is 0.296. The largest absolute Gasteiger partial charge is 0.494 e. The summed E-state index contributed by atoms with van der Waals surface area (Å²) in [4.78, 5) is 17.9. The molecule has 1 amide bonds. The van der Waals surface area contributed by atoms with E-state index in [0.29, 0.717) is 18.2 Å². The normalized spacial score (nSPS) is 11.2. The standard InChI is InChI=1S/C27H28ClN3O2S/c1-3-4-5-6-13-33-23-11-9-20(10-12-23)14-22(17-29)26(32)31-27-30-18-24(34-27)15-21-8-7-19(2)25(28)16-21/h7-12,14,16,18H,3-6,13,15H2,1-2H3,(H,30,31,32). The quantitative estimate of drug-likeness (QED) is 0.174. The van der Waals surface area contributed by atoms with E-state index in [9.17, 15) is 10.1 Å². The maximum atomic E-state index is 12.6. The second-order valence-corrected chi connectivity index (χ2v) is 9.52. The molecular weight excluding hydrogens is 466 g/mol. The number of aromatic nitrogens is 1. The summed E-state index contributed by atoms with van der Waals surface area (Å²) in [5.41, 5.74) is 2.86. The number of thiazole rings is 1. The molecule has 0 aliphatic rings. The summed E-state index contributed by atoms with van der Waals surface area (Å²) in [6.07, 6.45) is 8.57. The molecule has 3 aromatic rings. The predicted molar refractivity (Wildman–Crippen MR) is 139 cm³/mol. The maximum Gasteiger partial charge on any atom is 0.268 e. The van der Waals surface area contributed by atoms with Gasteiger partial charge in [0.05, 0.1) is 6.61 Å². The van der Waals surface area contributed by atoms with Gasteiger partial charge < -0.3 is 4.74 Å². The minimum absolute atomic E-state index is 0.00954. The van der Waals surface area contributed by atoms with Crippen LogP contribution in [0, 0.1) is 18.3 Å². The van der Waals surface area contributed by atoms with Crippen molar-refractivity contribution in [3.8, 4) is 11.8 Å². The summed E-state index contributed by atoms with van der Waals surface area (Å²) in [6, 6.07) is 15.3. The zero-order chi connectivity index (χ0) is 24.3. The van der Waals surface area contributed by atoms with Gasteiger partial charge in [-0.25, -0.2) is 4.98 Å². The van der Waals surface area contributed by atoms with Crippen LogP contribution in [0.5, 0.6) is 5.75 Å². The highest BCUT2D eigenvalue weighted by molar-refractivity contribution is 7.15. The molecule has 0 unspecified atom stereocenters. The van der Waals surface area contributed by atoms with Gasteiger partial charge in [0, 0.05) is 22.5 Å². The van der Waals surface area contributed by atoms with Crippen molar-refractivity contribution in [3.05, 3.63) is 80.8 Å². The van der Waals surface area contributed by atoms with Crippen molar-refractivity contribution < 1.29 is 9.53 Å². The number of nitrogens with one attached hydrogen (secondary N) is 1. The van der Waals surface area contributed by atoms with Gasteiger partial charge >= 0.3 is 0 Å². The number of carbonyl (C=O) groups is 1. The number of hydrogen-bond donors (Lipinski definition) is 1. The Hall–Kier alpha value is -3.14. The van der Waals surface area contributed by atoms with Gasteiger partial charge in [0.15, 0.2) is 5.13 Å². The summed E-state index contributed by atoms with van der Waals surface area (Å²) < 4.78 is 5.74. The van der Waals surface area contributed by atoms with Gasteiger partial charge in [-0.05, 0) is 54.3 Å². The van der Waals surface area contributed by atoms with Crippen molar-refractivity contribution >= 4 is 40.1 Å². The molecule has 1 N–H and O–H groups in total. The van der Waals surface area contributed by atoms with Crippen molar-refractivity contribution in [1.29, 1.82) is 5.26 Å². The molecule has 0 aliphatic carbocycles. The lowest BCUT2D eigenvalue weighted by Gasteiger charge is -2.06. The number of rotatable bonds is 11. The Balaban J connectivity index is 1.57. The highest BCUT2D eigenvalue weighted by Crippen LogP contribution is 2.24. The number of carbonyl (C=O) groups excluding carboxylic acids is 1. The molecule has 0 radical (unpaired) electrons. The van der Waals surface area contributed by atoms with Crippen LogP contribution in [0.15, 0.2) is 54.2 Å². The summed E-state index contributed by atoms with van der Waals surface area (Å²) in [5.74, 6) is 0.291. The van der Waals surface area contributed by atoms with Crippen LogP contribution in [0.1, 0.15) is 54.2 Å².